The summed E-state index contributed by atoms with van der Waals surface area (Å²) < 4.78 is 0. The average molecular weight is 192 g/mol. The van der Waals surface area contributed by atoms with Crippen LogP contribution in [0.5, 0.6) is 0 Å². The van der Waals surface area contributed by atoms with E-state index in [1.165, 1.54) is 0 Å². The van der Waals surface area contributed by atoms with Crippen LogP contribution in [0, 0.1) is 5.92 Å². The molecule has 1 heterocycles. The van der Waals surface area contributed by atoms with Crippen LogP contribution < -0.4 is 0 Å². The lowest BCUT2D eigenvalue weighted by Crippen LogP contribution is -2.26. The van der Waals surface area contributed by atoms with Crippen molar-refractivity contribution < 1.29 is 0 Å². The minimum absolute atomic E-state index is 0.401. The summed E-state index contributed by atoms with van der Waals surface area (Å²) in [4.78, 5) is 6.71. The molecule has 0 bridgehead atoms. The van der Waals surface area contributed by atoms with Crippen LogP contribution in [-0.2, 0) is 0 Å². The van der Waals surface area contributed by atoms with Crippen molar-refractivity contribution >= 4 is 0 Å². The Bertz CT molecular complexity index is 256. The van der Waals surface area contributed by atoms with Gasteiger partial charge in [-0.05, 0) is 32.0 Å². The molecule has 0 amide bonds. The van der Waals surface area contributed by atoms with Gasteiger partial charge in [-0.15, -0.1) is 0 Å². The predicted octanol–water partition coefficient (Wildman–Crippen LogP) is 2.73. The largest absolute Gasteiger partial charge is 0.298 e. The van der Waals surface area contributed by atoms with Crippen LogP contribution in [0.3, 0.4) is 0 Å². The molecule has 1 aromatic heterocycles. The van der Waals surface area contributed by atoms with Crippen LogP contribution >= 0.6 is 0 Å². The van der Waals surface area contributed by atoms with Gasteiger partial charge in [0.25, 0.3) is 0 Å². The minimum atomic E-state index is 0.401. The van der Waals surface area contributed by atoms with Crippen LogP contribution in [0.15, 0.2) is 24.4 Å². The number of rotatable bonds is 4. The van der Waals surface area contributed by atoms with Crippen molar-refractivity contribution in [3.05, 3.63) is 30.1 Å². The summed E-state index contributed by atoms with van der Waals surface area (Å²) in [6.45, 7) is 7.78. The van der Waals surface area contributed by atoms with Gasteiger partial charge in [0.05, 0.1) is 5.69 Å². The molecule has 14 heavy (non-hydrogen) atoms. The highest BCUT2D eigenvalue weighted by atomic mass is 15.1. The first-order valence-corrected chi connectivity index (χ1v) is 5.22. The van der Waals surface area contributed by atoms with E-state index in [4.69, 9.17) is 0 Å². The van der Waals surface area contributed by atoms with E-state index in [1.807, 2.05) is 18.3 Å². The summed E-state index contributed by atoms with van der Waals surface area (Å²) in [5.74, 6) is 0.700. The quantitative estimate of drug-likeness (QED) is 0.729. The third-order valence-electron chi connectivity index (χ3n) is 2.43. The van der Waals surface area contributed by atoms with E-state index in [-0.39, 0.29) is 0 Å². The maximum atomic E-state index is 4.37. The number of hydrogen-bond acceptors (Lipinski definition) is 2. The van der Waals surface area contributed by atoms with Gasteiger partial charge in [-0.3, -0.25) is 9.88 Å². The molecule has 1 unspecified atom stereocenters. The Hall–Kier alpha value is -0.890. The lowest BCUT2D eigenvalue weighted by atomic mass is 10.1. The number of hydrogen-bond donors (Lipinski definition) is 0. The molecule has 0 saturated heterocycles. The van der Waals surface area contributed by atoms with Crippen molar-refractivity contribution in [1.82, 2.24) is 9.88 Å². The van der Waals surface area contributed by atoms with Gasteiger partial charge < -0.3 is 0 Å². The van der Waals surface area contributed by atoms with Crippen LogP contribution in [-0.4, -0.2) is 23.5 Å². The summed E-state index contributed by atoms with van der Waals surface area (Å²) in [7, 11) is 2.15. The number of nitrogens with zero attached hydrogens (tertiary/aromatic N) is 2. The zero-order chi connectivity index (χ0) is 10.6. The summed E-state index contributed by atoms with van der Waals surface area (Å²) in [5.41, 5.74) is 1.15. The monoisotopic (exact) mass is 192 g/mol. The van der Waals surface area contributed by atoms with Gasteiger partial charge in [0, 0.05) is 18.8 Å². The maximum Gasteiger partial charge on any atom is 0.0572 e. The molecule has 0 aromatic carbocycles. The first-order valence-electron chi connectivity index (χ1n) is 5.22. The highest BCUT2D eigenvalue weighted by molar-refractivity contribution is 5.07. The average Bonchev–Trinajstić information content (AvgIpc) is 2.17. The van der Waals surface area contributed by atoms with Gasteiger partial charge in [0.1, 0.15) is 0 Å². The fraction of sp³-hybridized carbons (Fsp3) is 0.583. The Kier molecular flexibility index (Phi) is 4.08. The molecule has 2 nitrogen and oxygen atoms in total. The molecule has 78 valence electrons. The first kappa shape index (κ1) is 11.2. The van der Waals surface area contributed by atoms with E-state index < -0.39 is 0 Å². The van der Waals surface area contributed by atoms with Crippen molar-refractivity contribution in [2.24, 2.45) is 5.92 Å². The SMILES string of the molecule is CC(C)CN(C)C(C)c1ccccn1. The Balaban J connectivity index is 2.61. The highest BCUT2D eigenvalue weighted by Crippen LogP contribution is 2.16. The van der Waals surface area contributed by atoms with Crippen LogP contribution in [0.25, 0.3) is 0 Å². The molecule has 0 fully saturated rings. The fourth-order valence-electron chi connectivity index (χ4n) is 1.58. The molecule has 1 rings (SSSR count). The fourth-order valence-corrected chi connectivity index (χ4v) is 1.58. The maximum absolute atomic E-state index is 4.37. The third-order valence-corrected chi connectivity index (χ3v) is 2.43. The van der Waals surface area contributed by atoms with Gasteiger partial charge >= 0.3 is 0 Å². The zero-order valence-electron chi connectivity index (χ0n) is 9.57. The van der Waals surface area contributed by atoms with Crippen molar-refractivity contribution in [3.8, 4) is 0 Å². The molecule has 0 aliphatic carbocycles. The molecular formula is C12H20N2. The van der Waals surface area contributed by atoms with E-state index in [9.17, 15) is 0 Å². The van der Waals surface area contributed by atoms with Crippen molar-refractivity contribution in [1.29, 1.82) is 0 Å². The second kappa shape index (κ2) is 5.11. The summed E-state index contributed by atoms with van der Waals surface area (Å²) in [6.07, 6.45) is 1.86. The smallest absolute Gasteiger partial charge is 0.0572 e. The van der Waals surface area contributed by atoms with Crippen molar-refractivity contribution in [2.45, 2.75) is 26.8 Å². The van der Waals surface area contributed by atoms with E-state index in [2.05, 4.69) is 43.8 Å². The molecule has 0 aliphatic heterocycles. The Labute approximate surface area is 87.0 Å². The van der Waals surface area contributed by atoms with E-state index >= 15 is 0 Å². The minimum Gasteiger partial charge on any atom is -0.298 e. The van der Waals surface area contributed by atoms with Gasteiger partial charge in [-0.25, -0.2) is 0 Å². The Morgan fingerprint density at radius 3 is 2.50 bits per heavy atom. The second-order valence-electron chi connectivity index (χ2n) is 4.26. The van der Waals surface area contributed by atoms with Crippen LogP contribution in [0.4, 0.5) is 0 Å². The van der Waals surface area contributed by atoms with E-state index in [0.717, 1.165) is 12.2 Å². The summed E-state index contributed by atoms with van der Waals surface area (Å²) >= 11 is 0. The molecule has 1 aromatic rings. The normalized spacial score (nSPS) is 13.6. The summed E-state index contributed by atoms with van der Waals surface area (Å²) in [6, 6.07) is 6.49. The second-order valence-corrected chi connectivity index (χ2v) is 4.26. The van der Waals surface area contributed by atoms with Gasteiger partial charge in [0.15, 0.2) is 0 Å². The Morgan fingerprint density at radius 1 is 1.29 bits per heavy atom. The van der Waals surface area contributed by atoms with Gasteiger partial charge in [-0.2, -0.15) is 0 Å². The van der Waals surface area contributed by atoms with Crippen LogP contribution in [0.2, 0.25) is 0 Å². The van der Waals surface area contributed by atoms with Crippen molar-refractivity contribution in [3.63, 3.8) is 0 Å². The first-order chi connectivity index (χ1) is 6.61. The molecular weight excluding hydrogens is 172 g/mol. The van der Waals surface area contributed by atoms with Crippen LogP contribution in [0.1, 0.15) is 32.5 Å². The lowest BCUT2D eigenvalue weighted by molar-refractivity contribution is 0.229. The number of pyridine rings is 1. The standard InChI is InChI=1S/C12H20N2/c1-10(2)9-14(4)11(3)12-7-5-6-8-13-12/h5-8,10-11H,9H2,1-4H3. The Morgan fingerprint density at radius 2 is 2.00 bits per heavy atom. The molecule has 0 radical (unpaired) electrons. The molecule has 0 N–H and O–H groups in total. The molecule has 2 heteroatoms. The molecule has 1 atom stereocenters. The molecule has 0 saturated carbocycles. The van der Waals surface area contributed by atoms with Gasteiger partial charge in [0.2, 0.25) is 0 Å². The topological polar surface area (TPSA) is 16.1 Å². The summed E-state index contributed by atoms with van der Waals surface area (Å²) in [5, 5.41) is 0. The lowest BCUT2D eigenvalue weighted by Gasteiger charge is -2.25. The molecule has 0 spiro atoms. The molecule has 0 aliphatic rings. The highest BCUT2D eigenvalue weighted by Gasteiger charge is 2.12. The van der Waals surface area contributed by atoms with E-state index in [0.29, 0.717) is 12.0 Å². The van der Waals surface area contributed by atoms with E-state index in [1.54, 1.807) is 0 Å². The zero-order valence-corrected chi connectivity index (χ0v) is 9.57. The van der Waals surface area contributed by atoms with Crippen molar-refractivity contribution in [2.75, 3.05) is 13.6 Å². The third kappa shape index (κ3) is 3.11. The van der Waals surface area contributed by atoms with Gasteiger partial charge in [-0.1, -0.05) is 19.9 Å². The predicted molar refractivity (Wildman–Crippen MR) is 60.1 cm³/mol. The number of aromatic nitrogens is 1.